The van der Waals surface area contributed by atoms with Gasteiger partial charge in [-0.15, -0.1) is 0 Å². The molecule has 0 aromatic rings. The van der Waals surface area contributed by atoms with Crippen molar-refractivity contribution in [2.75, 3.05) is 6.54 Å². The Morgan fingerprint density at radius 3 is 2.89 bits per heavy atom. The van der Waals surface area contributed by atoms with Crippen LogP contribution in [-0.4, -0.2) is 6.54 Å². The van der Waals surface area contributed by atoms with Crippen LogP contribution in [-0.2, 0) is 0 Å². The lowest BCUT2D eigenvalue weighted by atomic mass is 9.86. The fourth-order valence-electron chi connectivity index (χ4n) is 1.34. The van der Waals surface area contributed by atoms with E-state index in [-0.39, 0.29) is 0 Å². The van der Waals surface area contributed by atoms with Crippen molar-refractivity contribution in [3.63, 3.8) is 0 Å². The van der Waals surface area contributed by atoms with Gasteiger partial charge in [0.15, 0.2) is 0 Å². The summed E-state index contributed by atoms with van der Waals surface area (Å²) < 4.78 is 0. The fraction of sp³-hybridized carbons (Fsp3) is 0.750. The first kappa shape index (κ1) is 6.81. The first-order valence-electron chi connectivity index (χ1n) is 3.71. The quantitative estimate of drug-likeness (QED) is 0.529. The molecule has 0 aromatic carbocycles. The smallest absolute Gasteiger partial charge is 0.00116 e. The highest BCUT2D eigenvalue weighted by molar-refractivity contribution is 4.96. The lowest BCUT2D eigenvalue weighted by molar-refractivity contribution is 0.394. The molecule has 1 heteroatoms. The molecule has 2 unspecified atom stereocenters. The summed E-state index contributed by atoms with van der Waals surface area (Å²) in [6.45, 7) is 3.10. The van der Waals surface area contributed by atoms with Crippen molar-refractivity contribution in [3.8, 4) is 0 Å². The van der Waals surface area contributed by atoms with E-state index in [1.807, 2.05) is 0 Å². The van der Waals surface area contributed by atoms with E-state index in [4.69, 9.17) is 5.73 Å². The minimum Gasteiger partial charge on any atom is -0.330 e. The Hall–Kier alpha value is -0.300. The lowest BCUT2D eigenvalue weighted by Crippen LogP contribution is -2.21. The molecule has 9 heavy (non-hydrogen) atoms. The van der Waals surface area contributed by atoms with Gasteiger partial charge in [0.2, 0.25) is 0 Å². The van der Waals surface area contributed by atoms with Crippen LogP contribution < -0.4 is 5.73 Å². The van der Waals surface area contributed by atoms with E-state index in [1.54, 1.807) is 0 Å². The Kier molecular flexibility index (Phi) is 2.29. The molecule has 0 heterocycles. The van der Waals surface area contributed by atoms with E-state index in [0.717, 1.165) is 12.5 Å². The van der Waals surface area contributed by atoms with Gasteiger partial charge in [0.25, 0.3) is 0 Å². The maximum Gasteiger partial charge on any atom is -0.00116 e. The average Bonchev–Trinajstić information content (AvgIpc) is 1.89. The van der Waals surface area contributed by atoms with Gasteiger partial charge in [0, 0.05) is 0 Å². The molecule has 1 aliphatic carbocycles. The fourth-order valence-corrected chi connectivity index (χ4v) is 1.34. The van der Waals surface area contributed by atoms with Gasteiger partial charge < -0.3 is 5.73 Å². The van der Waals surface area contributed by atoms with Crippen molar-refractivity contribution in [1.29, 1.82) is 0 Å². The van der Waals surface area contributed by atoms with Gasteiger partial charge in [0.1, 0.15) is 0 Å². The Balaban J connectivity index is 2.46. The second-order valence-electron chi connectivity index (χ2n) is 2.88. The van der Waals surface area contributed by atoms with Gasteiger partial charge in [-0.3, -0.25) is 0 Å². The first-order chi connectivity index (χ1) is 4.34. The molecular weight excluding hydrogens is 110 g/mol. The van der Waals surface area contributed by atoms with E-state index >= 15 is 0 Å². The molecule has 0 saturated heterocycles. The zero-order valence-electron chi connectivity index (χ0n) is 6.01. The van der Waals surface area contributed by atoms with E-state index in [1.165, 1.54) is 12.8 Å². The third-order valence-electron chi connectivity index (χ3n) is 2.18. The standard InChI is InChI=1S/C8H15N/c1-7-4-2-3-5-8(7)6-9/h3,5,7-8H,2,4,6,9H2,1H3. The highest BCUT2D eigenvalue weighted by Crippen LogP contribution is 2.22. The predicted molar refractivity (Wildman–Crippen MR) is 40.1 cm³/mol. The summed E-state index contributed by atoms with van der Waals surface area (Å²) in [5, 5.41) is 0. The third-order valence-corrected chi connectivity index (χ3v) is 2.18. The summed E-state index contributed by atoms with van der Waals surface area (Å²) in [6.07, 6.45) is 7.07. The monoisotopic (exact) mass is 125 g/mol. The molecule has 0 fully saturated rings. The summed E-state index contributed by atoms with van der Waals surface area (Å²) in [7, 11) is 0. The Morgan fingerprint density at radius 1 is 1.67 bits per heavy atom. The van der Waals surface area contributed by atoms with Crippen LogP contribution in [0.2, 0.25) is 0 Å². The molecule has 1 aliphatic rings. The van der Waals surface area contributed by atoms with Crippen molar-refractivity contribution in [2.45, 2.75) is 19.8 Å². The molecule has 2 N–H and O–H groups in total. The first-order valence-corrected chi connectivity index (χ1v) is 3.71. The molecule has 1 nitrogen and oxygen atoms in total. The van der Waals surface area contributed by atoms with Crippen LogP contribution in [0.4, 0.5) is 0 Å². The number of hydrogen-bond acceptors (Lipinski definition) is 1. The van der Waals surface area contributed by atoms with Crippen LogP contribution in [0.25, 0.3) is 0 Å². The second kappa shape index (κ2) is 3.02. The van der Waals surface area contributed by atoms with Gasteiger partial charge >= 0.3 is 0 Å². The number of allylic oxidation sites excluding steroid dienone is 1. The second-order valence-corrected chi connectivity index (χ2v) is 2.88. The van der Waals surface area contributed by atoms with Gasteiger partial charge in [-0.2, -0.15) is 0 Å². The summed E-state index contributed by atoms with van der Waals surface area (Å²) in [6, 6.07) is 0. The van der Waals surface area contributed by atoms with Crippen LogP contribution in [0.15, 0.2) is 12.2 Å². The molecular formula is C8H15N. The van der Waals surface area contributed by atoms with Crippen LogP contribution in [0.1, 0.15) is 19.8 Å². The van der Waals surface area contributed by atoms with Crippen molar-refractivity contribution in [3.05, 3.63) is 12.2 Å². The molecule has 0 bridgehead atoms. The maximum absolute atomic E-state index is 5.54. The van der Waals surface area contributed by atoms with Crippen LogP contribution in [0.5, 0.6) is 0 Å². The molecule has 0 radical (unpaired) electrons. The summed E-state index contributed by atoms with van der Waals surface area (Å²) in [5.74, 6) is 1.46. The number of rotatable bonds is 1. The average molecular weight is 125 g/mol. The maximum atomic E-state index is 5.54. The highest BCUT2D eigenvalue weighted by atomic mass is 14.5. The van der Waals surface area contributed by atoms with E-state index in [0.29, 0.717) is 5.92 Å². The summed E-state index contributed by atoms with van der Waals surface area (Å²) >= 11 is 0. The zero-order chi connectivity index (χ0) is 6.69. The van der Waals surface area contributed by atoms with Crippen molar-refractivity contribution in [1.82, 2.24) is 0 Å². The van der Waals surface area contributed by atoms with Crippen molar-refractivity contribution < 1.29 is 0 Å². The van der Waals surface area contributed by atoms with E-state index in [9.17, 15) is 0 Å². The minimum atomic E-state index is 0.652. The van der Waals surface area contributed by atoms with Crippen LogP contribution in [0, 0.1) is 11.8 Å². The Bertz CT molecular complexity index is 107. The molecule has 52 valence electrons. The van der Waals surface area contributed by atoms with Crippen molar-refractivity contribution in [2.24, 2.45) is 17.6 Å². The molecule has 0 spiro atoms. The number of nitrogens with two attached hydrogens (primary N) is 1. The van der Waals surface area contributed by atoms with Gasteiger partial charge in [-0.1, -0.05) is 19.1 Å². The minimum absolute atomic E-state index is 0.652. The van der Waals surface area contributed by atoms with Crippen molar-refractivity contribution >= 4 is 0 Å². The Morgan fingerprint density at radius 2 is 2.44 bits per heavy atom. The Labute approximate surface area is 56.9 Å². The molecule has 0 saturated carbocycles. The van der Waals surface area contributed by atoms with Crippen LogP contribution in [0.3, 0.4) is 0 Å². The van der Waals surface area contributed by atoms with Gasteiger partial charge in [-0.05, 0) is 31.2 Å². The molecule has 2 atom stereocenters. The third kappa shape index (κ3) is 1.55. The predicted octanol–water partition coefficient (Wildman–Crippen LogP) is 1.55. The largest absolute Gasteiger partial charge is 0.330 e. The van der Waals surface area contributed by atoms with E-state index < -0.39 is 0 Å². The molecule has 0 aliphatic heterocycles. The molecule has 0 amide bonds. The van der Waals surface area contributed by atoms with E-state index in [2.05, 4.69) is 19.1 Å². The normalized spacial score (nSPS) is 34.9. The summed E-state index contributed by atoms with van der Waals surface area (Å²) in [5.41, 5.74) is 5.54. The zero-order valence-corrected chi connectivity index (χ0v) is 6.01. The SMILES string of the molecule is CC1CCC=CC1CN. The van der Waals surface area contributed by atoms with Gasteiger partial charge in [0.05, 0.1) is 0 Å². The number of hydrogen-bond donors (Lipinski definition) is 1. The van der Waals surface area contributed by atoms with Crippen LogP contribution >= 0.6 is 0 Å². The summed E-state index contributed by atoms with van der Waals surface area (Å²) in [4.78, 5) is 0. The molecule has 1 rings (SSSR count). The molecule has 0 aromatic heterocycles. The highest BCUT2D eigenvalue weighted by Gasteiger charge is 2.14. The lowest BCUT2D eigenvalue weighted by Gasteiger charge is -2.21. The van der Waals surface area contributed by atoms with Gasteiger partial charge in [-0.25, -0.2) is 0 Å². The topological polar surface area (TPSA) is 26.0 Å².